The van der Waals surface area contributed by atoms with Crippen molar-refractivity contribution in [3.63, 3.8) is 0 Å². The Morgan fingerprint density at radius 3 is 2.68 bits per heavy atom. The number of rotatable bonds is 8. The Labute approximate surface area is 213 Å². The summed E-state index contributed by atoms with van der Waals surface area (Å²) in [6.45, 7) is 4.25. The van der Waals surface area contributed by atoms with Crippen LogP contribution in [0.3, 0.4) is 0 Å². The third kappa shape index (κ3) is 5.07. The van der Waals surface area contributed by atoms with E-state index in [4.69, 9.17) is 9.47 Å². The van der Waals surface area contributed by atoms with Crippen molar-refractivity contribution in [2.24, 2.45) is 0 Å². The molecular weight excluding hydrogens is 468 g/mol. The van der Waals surface area contributed by atoms with Crippen LogP contribution in [0.4, 0.5) is 0 Å². The number of hydrogen-bond acceptors (Lipinski definition) is 7. The highest BCUT2D eigenvalue weighted by Gasteiger charge is 2.18. The molecule has 0 saturated carbocycles. The topological polar surface area (TPSA) is 98.2 Å². The minimum absolute atomic E-state index is 0.0994. The number of aryl methyl sites for hydroxylation is 1. The molecule has 5 aromatic rings. The minimum Gasteiger partial charge on any atom is -0.454 e. The van der Waals surface area contributed by atoms with Crippen molar-refractivity contribution in [2.45, 2.75) is 33.1 Å². The van der Waals surface area contributed by atoms with Gasteiger partial charge in [-0.1, -0.05) is 48.5 Å². The lowest BCUT2D eigenvalue weighted by Gasteiger charge is -2.22. The number of aromatic amines is 1. The Kier molecular flexibility index (Phi) is 6.11. The largest absolute Gasteiger partial charge is 0.454 e. The molecule has 2 aromatic heterocycles. The lowest BCUT2D eigenvalue weighted by Crippen LogP contribution is -2.28. The van der Waals surface area contributed by atoms with Gasteiger partial charge in [-0.05, 0) is 63.7 Å². The van der Waals surface area contributed by atoms with Gasteiger partial charge in [0.25, 0.3) is 5.56 Å². The summed E-state index contributed by atoms with van der Waals surface area (Å²) in [7, 11) is 0. The average Bonchev–Trinajstić information content (AvgIpc) is 3.54. The summed E-state index contributed by atoms with van der Waals surface area (Å²) in [6, 6.07) is 24.0. The molecule has 0 radical (unpaired) electrons. The van der Waals surface area contributed by atoms with E-state index in [1.807, 2.05) is 79.7 Å². The van der Waals surface area contributed by atoms with Crippen LogP contribution in [0.5, 0.6) is 11.5 Å². The molecule has 3 heterocycles. The Bertz CT molecular complexity index is 1610. The van der Waals surface area contributed by atoms with Crippen LogP contribution in [-0.2, 0) is 26.2 Å². The van der Waals surface area contributed by atoms with E-state index in [0.29, 0.717) is 31.7 Å². The Balaban J connectivity index is 1.31. The van der Waals surface area contributed by atoms with Crippen molar-refractivity contribution in [1.29, 1.82) is 0 Å². The number of pyridine rings is 1. The van der Waals surface area contributed by atoms with Gasteiger partial charge in [0, 0.05) is 24.2 Å². The van der Waals surface area contributed by atoms with Crippen LogP contribution >= 0.6 is 0 Å². The molecule has 0 spiro atoms. The summed E-state index contributed by atoms with van der Waals surface area (Å²) >= 11 is 0. The van der Waals surface area contributed by atoms with Gasteiger partial charge in [-0.2, -0.15) is 0 Å². The molecule has 3 aromatic carbocycles. The molecule has 1 aliphatic heterocycles. The number of benzene rings is 3. The normalized spacial score (nSPS) is 12.5. The molecule has 0 amide bonds. The number of tetrazole rings is 1. The maximum absolute atomic E-state index is 13.0. The van der Waals surface area contributed by atoms with Crippen LogP contribution in [0.15, 0.2) is 77.6 Å². The van der Waals surface area contributed by atoms with E-state index >= 15 is 0 Å². The second-order valence-corrected chi connectivity index (χ2v) is 9.29. The maximum Gasteiger partial charge on any atom is 0.252 e. The number of aromatic nitrogens is 5. The number of nitrogens with one attached hydrogen (secondary N) is 1. The first-order valence-corrected chi connectivity index (χ1v) is 12.1. The molecule has 1 aliphatic rings. The van der Waals surface area contributed by atoms with Crippen molar-refractivity contribution in [2.75, 3.05) is 6.79 Å². The average molecular weight is 495 g/mol. The molecule has 0 fully saturated rings. The fraction of sp³-hybridized carbons (Fsp3) is 0.214. The summed E-state index contributed by atoms with van der Waals surface area (Å²) < 4.78 is 12.8. The standard InChI is InChI=1S/C28H26N6O3/c1-19-7-9-22-13-23(28(35)29-24(22)11-19)16-33(14-21-8-10-25-26(12-21)37-18-36-25)17-27-30-31-32-34(27)15-20-5-3-2-4-6-20/h2-13H,14-18H2,1H3,(H,29,35). The van der Waals surface area contributed by atoms with Gasteiger partial charge in [0.1, 0.15) is 0 Å². The van der Waals surface area contributed by atoms with Gasteiger partial charge in [-0.15, -0.1) is 5.10 Å². The van der Waals surface area contributed by atoms with E-state index in [-0.39, 0.29) is 12.4 Å². The van der Waals surface area contributed by atoms with Gasteiger partial charge >= 0.3 is 0 Å². The van der Waals surface area contributed by atoms with Gasteiger partial charge in [-0.3, -0.25) is 9.69 Å². The Morgan fingerprint density at radius 1 is 0.919 bits per heavy atom. The van der Waals surface area contributed by atoms with Crippen LogP contribution in [0.2, 0.25) is 0 Å². The Morgan fingerprint density at radius 2 is 1.78 bits per heavy atom. The molecule has 9 nitrogen and oxygen atoms in total. The predicted octanol–water partition coefficient (Wildman–Crippen LogP) is 3.80. The highest BCUT2D eigenvalue weighted by Crippen LogP contribution is 2.33. The van der Waals surface area contributed by atoms with Gasteiger partial charge in [0.2, 0.25) is 6.79 Å². The Hall–Kier alpha value is -4.50. The molecule has 0 saturated heterocycles. The molecule has 0 bridgehead atoms. The zero-order valence-corrected chi connectivity index (χ0v) is 20.4. The summed E-state index contributed by atoms with van der Waals surface area (Å²) in [4.78, 5) is 18.2. The van der Waals surface area contributed by atoms with Gasteiger partial charge in [-0.25, -0.2) is 4.68 Å². The SMILES string of the molecule is Cc1ccc2cc(CN(Cc3ccc4c(c3)OCO4)Cc3nnnn3Cc3ccccc3)c(=O)[nH]c2c1. The first-order valence-electron chi connectivity index (χ1n) is 12.1. The van der Waals surface area contributed by atoms with Crippen molar-refractivity contribution >= 4 is 10.9 Å². The van der Waals surface area contributed by atoms with E-state index in [9.17, 15) is 4.79 Å². The smallest absolute Gasteiger partial charge is 0.252 e. The van der Waals surface area contributed by atoms with Crippen molar-refractivity contribution < 1.29 is 9.47 Å². The number of nitrogens with zero attached hydrogens (tertiary/aromatic N) is 5. The van der Waals surface area contributed by atoms with Gasteiger partial charge < -0.3 is 14.5 Å². The summed E-state index contributed by atoms with van der Waals surface area (Å²) in [6.07, 6.45) is 0. The molecule has 9 heteroatoms. The lowest BCUT2D eigenvalue weighted by atomic mass is 10.1. The fourth-order valence-corrected chi connectivity index (χ4v) is 4.60. The maximum atomic E-state index is 13.0. The first-order chi connectivity index (χ1) is 18.1. The zero-order valence-electron chi connectivity index (χ0n) is 20.4. The number of fused-ring (bicyclic) bond motifs is 2. The molecule has 6 rings (SSSR count). The zero-order chi connectivity index (χ0) is 25.2. The quantitative estimate of drug-likeness (QED) is 0.350. The van der Waals surface area contributed by atoms with Gasteiger partial charge in [0.15, 0.2) is 17.3 Å². The van der Waals surface area contributed by atoms with E-state index in [1.165, 1.54) is 0 Å². The molecular formula is C28H26N6O3. The van der Waals surface area contributed by atoms with E-state index in [1.54, 1.807) is 4.68 Å². The fourth-order valence-electron chi connectivity index (χ4n) is 4.60. The number of H-pyrrole nitrogens is 1. The van der Waals surface area contributed by atoms with E-state index < -0.39 is 0 Å². The number of hydrogen-bond donors (Lipinski definition) is 1. The van der Waals surface area contributed by atoms with Crippen LogP contribution < -0.4 is 15.0 Å². The summed E-state index contributed by atoms with van der Waals surface area (Å²) in [5, 5.41) is 13.5. The predicted molar refractivity (Wildman–Crippen MR) is 138 cm³/mol. The first kappa shape index (κ1) is 22.9. The van der Waals surface area contributed by atoms with Crippen LogP contribution in [-0.4, -0.2) is 36.9 Å². The van der Waals surface area contributed by atoms with Crippen LogP contribution in [0, 0.1) is 6.92 Å². The second-order valence-electron chi connectivity index (χ2n) is 9.29. The molecule has 37 heavy (non-hydrogen) atoms. The van der Waals surface area contributed by atoms with Gasteiger partial charge in [0.05, 0.1) is 13.1 Å². The minimum atomic E-state index is -0.0994. The highest BCUT2D eigenvalue weighted by atomic mass is 16.7. The van der Waals surface area contributed by atoms with Crippen molar-refractivity contribution in [1.82, 2.24) is 30.1 Å². The van der Waals surface area contributed by atoms with Crippen molar-refractivity contribution in [3.8, 4) is 11.5 Å². The molecule has 0 unspecified atom stereocenters. The van der Waals surface area contributed by atoms with Crippen LogP contribution in [0.1, 0.15) is 28.1 Å². The third-order valence-electron chi connectivity index (χ3n) is 6.46. The second kappa shape index (κ2) is 9.87. The van der Waals surface area contributed by atoms with Crippen LogP contribution in [0.25, 0.3) is 10.9 Å². The van der Waals surface area contributed by atoms with Crippen molar-refractivity contribution in [3.05, 3.63) is 111 Å². The summed E-state index contributed by atoms with van der Waals surface area (Å²) in [5.74, 6) is 2.19. The third-order valence-corrected chi connectivity index (χ3v) is 6.46. The number of ether oxygens (including phenoxy) is 2. The summed E-state index contributed by atoms with van der Waals surface area (Å²) in [5.41, 5.74) is 4.67. The van der Waals surface area contributed by atoms with E-state index in [0.717, 1.165) is 44.9 Å². The molecule has 0 atom stereocenters. The van der Waals surface area contributed by atoms with E-state index in [2.05, 4.69) is 25.4 Å². The molecule has 0 aliphatic carbocycles. The monoisotopic (exact) mass is 494 g/mol. The highest BCUT2D eigenvalue weighted by molar-refractivity contribution is 5.79. The molecule has 1 N–H and O–H groups in total. The molecule has 186 valence electrons. The lowest BCUT2D eigenvalue weighted by molar-refractivity contribution is 0.174.